The van der Waals surface area contributed by atoms with Gasteiger partial charge in [-0.1, -0.05) is 5.16 Å². The summed E-state index contributed by atoms with van der Waals surface area (Å²) in [7, 11) is 0. The first kappa shape index (κ1) is 12.6. The lowest BCUT2D eigenvalue weighted by atomic mass is 10.1. The Bertz CT molecular complexity index is 748. The van der Waals surface area contributed by atoms with Crippen molar-refractivity contribution in [3.8, 4) is 23.0 Å². The first-order chi connectivity index (χ1) is 9.67. The number of benzene rings is 1. The number of nitrogens with two attached hydrogens (primary N) is 1. The molecule has 0 radical (unpaired) electrons. The molecular formula is C14H12FN3O2. The first-order valence-corrected chi connectivity index (χ1v) is 6.07. The maximum atomic E-state index is 13.1. The zero-order valence-corrected chi connectivity index (χ0v) is 10.8. The largest absolute Gasteiger partial charge is 0.455 e. The third kappa shape index (κ3) is 2.21. The SMILES string of the molecule is Cc1cc(F)ccc1-c1noc(-c2ccc(CN)o2)n1. The number of halogens is 1. The topological polar surface area (TPSA) is 78.1 Å². The van der Waals surface area contributed by atoms with Crippen LogP contribution in [0.4, 0.5) is 4.39 Å². The van der Waals surface area contributed by atoms with Gasteiger partial charge in [0.15, 0.2) is 5.76 Å². The van der Waals surface area contributed by atoms with E-state index in [1.165, 1.54) is 12.1 Å². The Labute approximate surface area is 114 Å². The van der Waals surface area contributed by atoms with E-state index in [-0.39, 0.29) is 11.7 Å². The van der Waals surface area contributed by atoms with Gasteiger partial charge in [0.2, 0.25) is 5.82 Å². The predicted molar refractivity (Wildman–Crippen MR) is 70.0 cm³/mol. The van der Waals surface area contributed by atoms with Gasteiger partial charge in [-0.05, 0) is 42.8 Å². The lowest BCUT2D eigenvalue weighted by molar-refractivity contribution is 0.412. The fourth-order valence-electron chi connectivity index (χ4n) is 1.91. The van der Waals surface area contributed by atoms with E-state index in [9.17, 15) is 4.39 Å². The number of aryl methyl sites for hydroxylation is 1. The molecule has 0 aliphatic rings. The van der Waals surface area contributed by atoms with E-state index in [1.54, 1.807) is 25.1 Å². The number of aromatic nitrogens is 2. The van der Waals surface area contributed by atoms with Gasteiger partial charge < -0.3 is 14.7 Å². The maximum Gasteiger partial charge on any atom is 0.293 e. The molecule has 0 amide bonds. The molecule has 2 N–H and O–H groups in total. The average molecular weight is 273 g/mol. The van der Waals surface area contributed by atoms with Crippen molar-refractivity contribution in [1.29, 1.82) is 0 Å². The lowest BCUT2D eigenvalue weighted by Gasteiger charge is -1.99. The molecule has 3 aromatic rings. The molecule has 5 nitrogen and oxygen atoms in total. The Balaban J connectivity index is 1.97. The van der Waals surface area contributed by atoms with Crippen molar-refractivity contribution in [3.05, 3.63) is 47.5 Å². The van der Waals surface area contributed by atoms with Gasteiger partial charge >= 0.3 is 0 Å². The predicted octanol–water partition coefficient (Wildman–Crippen LogP) is 2.90. The molecule has 6 heteroatoms. The zero-order chi connectivity index (χ0) is 14.1. The van der Waals surface area contributed by atoms with E-state index in [2.05, 4.69) is 10.1 Å². The van der Waals surface area contributed by atoms with Crippen LogP contribution in [-0.2, 0) is 6.54 Å². The molecule has 0 atom stereocenters. The summed E-state index contributed by atoms with van der Waals surface area (Å²) in [5.74, 6) is 1.46. The summed E-state index contributed by atoms with van der Waals surface area (Å²) < 4.78 is 23.7. The van der Waals surface area contributed by atoms with Crippen LogP contribution < -0.4 is 5.73 Å². The molecule has 0 bridgehead atoms. The molecule has 0 aliphatic carbocycles. The molecule has 0 aliphatic heterocycles. The van der Waals surface area contributed by atoms with Gasteiger partial charge in [0.1, 0.15) is 11.6 Å². The number of furan rings is 1. The number of hydrogen-bond acceptors (Lipinski definition) is 5. The Hall–Kier alpha value is -2.47. The highest BCUT2D eigenvalue weighted by Gasteiger charge is 2.15. The minimum absolute atomic E-state index is 0.267. The Kier molecular flexibility index (Phi) is 3.08. The fourth-order valence-corrected chi connectivity index (χ4v) is 1.91. The lowest BCUT2D eigenvalue weighted by Crippen LogP contribution is -1.92. The number of rotatable bonds is 3. The van der Waals surface area contributed by atoms with Crippen molar-refractivity contribution in [1.82, 2.24) is 10.1 Å². The molecule has 1 aromatic carbocycles. The van der Waals surface area contributed by atoms with Crippen LogP contribution in [0, 0.1) is 12.7 Å². The normalized spacial score (nSPS) is 10.9. The van der Waals surface area contributed by atoms with E-state index in [1.807, 2.05) is 0 Å². The van der Waals surface area contributed by atoms with E-state index >= 15 is 0 Å². The second-order valence-electron chi connectivity index (χ2n) is 4.35. The molecule has 2 aromatic heterocycles. The van der Waals surface area contributed by atoms with E-state index < -0.39 is 0 Å². The number of hydrogen-bond donors (Lipinski definition) is 1. The van der Waals surface area contributed by atoms with Crippen LogP contribution in [0.25, 0.3) is 23.0 Å². The van der Waals surface area contributed by atoms with Crippen LogP contribution in [0.3, 0.4) is 0 Å². The summed E-state index contributed by atoms with van der Waals surface area (Å²) in [6.07, 6.45) is 0. The van der Waals surface area contributed by atoms with Crippen molar-refractivity contribution in [2.45, 2.75) is 13.5 Å². The molecule has 20 heavy (non-hydrogen) atoms. The second kappa shape index (κ2) is 4.90. The van der Waals surface area contributed by atoms with Crippen molar-refractivity contribution in [3.63, 3.8) is 0 Å². The third-order valence-corrected chi connectivity index (χ3v) is 2.93. The zero-order valence-electron chi connectivity index (χ0n) is 10.8. The Morgan fingerprint density at radius 1 is 1.25 bits per heavy atom. The van der Waals surface area contributed by atoms with Gasteiger partial charge in [0.25, 0.3) is 5.89 Å². The van der Waals surface area contributed by atoms with Crippen LogP contribution in [0.5, 0.6) is 0 Å². The summed E-state index contributed by atoms with van der Waals surface area (Å²) in [6.45, 7) is 2.09. The fraction of sp³-hybridized carbons (Fsp3) is 0.143. The van der Waals surface area contributed by atoms with E-state index in [4.69, 9.17) is 14.7 Å². The smallest absolute Gasteiger partial charge is 0.293 e. The van der Waals surface area contributed by atoms with Gasteiger partial charge in [0.05, 0.1) is 6.54 Å². The van der Waals surface area contributed by atoms with Gasteiger partial charge in [-0.2, -0.15) is 4.98 Å². The third-order valence-electron chi connectivity index (χ3n) is 2.93. The van der Waals surface area contributed by atoms with Crippen LogP contribution in [0.1, 0.15) is 11.3 Å². The van der Waals surface area contributed by atoms with Crippen LogP contribution in [0.2, 0.25) is 0 Å². The molecule has 2 heterocycles. The van der Waals surface area contributed by atoms with Crippen molar-refractivity contribution in [2.24, 2.45) is 5.73 Å². The highest BCUT2D eigenvalue weighted by atomic mass is 19.1. The maximum absolute atomic E-state index is 13.1. The van der Waals surface area contributed by atoms with Crippen molar-refractivity contribution >= 4 is 0 Å². The summed E-state index contributed by atoms with van der Waals surface area (Å²) in [5.41, 5.74) is 6.93. The molecule has 0 saturated heterocycles. The molecule has 3 rings (SSSR count). The van der Waals surface area contributed by atoms with Gasteiger partial charge in [-0.25, -0.2) is 4.39 Å². The Morgan fingerprint density at radius 2 is 2.10 bits per heavy atom. The number of nitrogens with zero attached hydrogens (tertiary/aromatic N) is 2. The summed E-state index contributed by atoms with van der Waals surface area (Å²) in [6, 6.07) is 7.87. The minimum Gasteiger partial charge on any atom is -0.455 e. The summed E-state index contributed by atoms with van der Waals surface area (Å²) in [4.78, 5) is 4.25. The van der Waals surface area contributed by atoms with Gasteiger partial charge in [-0.15, -0.1) is 0 Å². The first-order valence-electron chi connectivity index (χ1n) is 6.07. The molecule has 0 unspecified atom stereocenters. The standard InChI is InChI=1S/C14H12FN3O2/c1-8-6-9(15)2-4-11(8)13-17-14(20-18-13)12-5-3-10(7-16)19-12/h2-6H,7,16H2,1H3. The highest BCUT2D eigenvalue weighted by Crippen LogP contribution is 2.26. The molecule has 0 saturated carbocycles. The molecule has 102 valence electrons. The van der Waals surface area contributed by atoms with Gasteiger partial charge in [0, 0.05) is 5.56 Å². The van der Waals surface area contributed by atoms with Crippen LogP contribution in [-0.4, -0.2) is 10.1 Å². The average Bonchev–Trinajstić information content (AvgIpc) is 3.07. The van der Waals surface area contributed by atoms with Crippen molar-refractivity contribution in [2.75, 3.05) is 0 Å². The van der Waals surface area contributed by atoms with Crippen LogP contribution >= 0.6 is 0 Å². The summed E-state index contributed by atoms with van der Waals surface area (Å²) >= 11 is 0. The Morgan fingerprint density at radius 3 is 2.80 bits per heavy atom. The minimum atomic E-state index is -0.298. The summed E-state index contributed by atoms with van der Waals surface area (Å²) in [5, 5.41) is 3.89. The quantitative estimate of drug-likeness (QED) is 0.793. The van der Waals surface area contributed by atoms with E-state index in [0.29, 0.717) is 29.5 Å². The molecule has 0 fully saturated rings. The molecular weight excluding hydrogens is 261 g/mol. The second-order valence-corrected chi connectivity index (χ2v) is 4.35. The van der Waals surface area contributed by atoms with Gasteiger partial charge in [-0.3, -0.25) is 0 Å². The highest BCUT2D eigenvalue weighted by molar-refractivity contribution is 5.61. The van der Waals surface area contributed by atoms with E-state index in [0.717, 1.165) is 5.56 Å². The monoisotopic (exact) mass is 273 g/mol. The van der Waals surface area contributed by atoms with Crippen molar-refractivity contribution < 1.29 is 13.3 Å². The van der Waals surface area contributed by atoms with Crippen LogP contribution in [0.15, 0.2) is 39.3 Å². The molecule has 0 spiro atoms.